The van der Waals surface area contributed by atoms with E-state index in [0.717, 1.165) is 0 Å². The maximum atomic E-state index is 10.8. The fraction of sp³-hybridized carbons (Fsp3) is 0.250. The van der Waals surface area contributed by atoms with E-state index in [2.05, 4.69) is 0 Å². The van der Waals surface area contributed by atoms with Crippen LogP contribution in [0, 0.1) is 0 Å². The highest BCUT2D eigenvalue weighted by molar-refractivity contribution is 5.77. The standard InChI is InChI=1S/C12H13NO5/c13-10(14)4-7-1-8(5-11(15)16)3-9(2-7)6-12(17)18/h1-3H,4-6H2,(H2,13,14)(H,15,16)(H,17,18). The summed E-state index contributed by atoms with van der Waals surface area (Å²) in [5.41, 5.74) is 6.49. The van der Waals surface area contributed by atoms with Gasteiger partial charge in [0.15, 0.2) is 0 Å². The molecule has 18 heavy (non-hydrogen) atoms. The lowest BCUT2D eigenvalue weighted by atomic mass is 10.00. The molecule has 0 atom stereocenters. The van der Waals surface area contributed by atoms with Crippen LogP contribution in [-0.4, -0.2) is 28.1 Å². The molecule has 0 aromatic heterocycles. The van der Waals surface area contributed by atoms with E-state index >= 15 is 0 Å². The van der Waals surface area contributed by atoms with Crippen molar-refractivity contribution in [1.29, 1.82) is 0 Å². The van der Waals surface area contributed by atoms with Gasteiger partial charge in [0.2, 0.25) is 5.91 Å². The third-order valence-electron chi connectivity index (χ3n) is 2.20. The van der Waals surface area contributed by atoms with Gasteiger partial charge in [0, 0.05) is 0 Å². The molecule has 1 rings (SSSR count). The van der Waals surface area contributed by atoms with Crippen molar-refractivity contribution < 1.29 is 24.6 Å². The van der Waals surface area contributed by atoms with Crippen LogP contribution in [0.4, 0.5) is 0 Å². The number of aliphatic carboxylic acids is 2. The number of carbonyl (C=O) groups is 3. The van der Waals surface area contributed by atoms with Gasteiger partial charge in [-0.15, -0.1) is 0 Å². The Kier molecular flexibility index (Phi) is 4.42. The molecule has 0 radical (unpaired) electrons. The lowest BCUT2D eigenvalue weighted by Gasteiger charge is -2.06. The summed E-state index contributed by atoms with van der Waals surface area (Å²) in [6.07, 6.45) is -0.488. The van der Waals surface area contributed by atoms with E-state index in [1.807, 2.05) is 0 Å². The number of hydrogen-bond donors (Lipinski definition) is 3. The summed E-state index contributed by atoms with van der Waals surface area (Å²) in [5.74, 6) is -2.59. The number of amides is 1. The van der Waals surface area contributed by atoms with Crippen LogP contribution in [0.5, 0.6) is 0 Å². The molecule has 4 N–H and O–H groups in total. The van der Waals surface area contributed by atoms with E-state index in [9.17, 15) is 14.4 Å². The van der Waals surface area contributed by atoms with Crippen LogP contribution in [0.25, 0.3) is 0 Å². The molecule has 0 spiro atoms. The van der Waals surface area contributed by atoms with Crippen LogP contribution in [-0.2, 0) is 33.6 Å². The number of carboxylic acids is 2. The van der Waals surface area contributed by atoms with Crippen LogP contribution >= 0.6 is 0 Å². The van der Waals surface area contributed by atoms with Crippen LogP contribution < -0.4 is 5.73 Å². The van der Waals surface area contributed by atoms with Gasteiger partial charge in [-0.05, 0) is 16.7 Å². The third-order valence-corrected chi connectivity index (χ3v) is 2.20. The maximum absolute atomic E-state index is 10.8. The Morgan fingerprint density at radius 3 is 1.44 bits per heavy atom. The van der Waals surface area contributed by atoms with Gasteiger partial charge in [0.25, 0.3) is 0 Å². The van der Waals surface area contributed by atoms with E-state index < -0.39 is 17.8 Å². The van der Waals surface area contributed by atoms with Crippen molar-refractivity contribution in [3.8, 4) is 0 Å². The molecule has 0 aliphatic rings. The van der Waals surface area contributed by atoms with Crippen molar-refractivity contribution in [3.63, 3.8) is 0 Å². The second kappa shape index (κ2) is 5.81. The minimum Gasteiger partial charge on any atom is -0.481 e. The molecule has 0 aliphatic heterocycles. The van der Waals surface area contributed by atoms with Crippen LogP contribution in [0.2, 0.25) is 0 Å². The molecule has 1 aromatic rings. The van der Waals surface area contributed by atoms with Crippen molar-refractivity contribution in [2.75, 3.05) is 0 Å². The molecule has 0 aliphatic carbocycles. The number of carbonyl (C=O) groups excluding carboxylic acids is 1. The average Bonchev–Trinajstić information content (AvgIpc) is 2.12. The van der Waals surface area contributed by atoms with Gasteiger partial charge in [-0.1, -0.05) is 18.2 Å². The number of nitrogens with two attached hydrogens (primary N) is 1. The van der Waals surface area contributed by atoms with Crippen LogP contribution in [0.3, 0.4) is 0 Å². The lowest BCUT2D eigenvalue weighted by molar-refractivity contribution is -0.137. The summed E-state index contributed by atoms with van der Waals surface area (Å²) in [5, 5.41) is 17.4. The minimum absolute atomic E-state index is 0.0416. The normalized spacial score (nSPS) is 10.0. The zero-order valence-electron chi connectivity index (χ0n) is 9.55. The first-order chi connectivity index (χ1) is 8.36. The summed E-state index contributed by atoms with van der Waals surface area (Å²) in [7, 11) is 0. The summed E-state index contributed by atoms with van der Waals surface area (Å²) in [6.45, 7) is 0. The molecular formula is C12H13NO5. The van der Waals surface area contributed by atoms with Gasteiger partial charge in [-0.25, -0.2) is 0 Å². The molecule has 0 unspecified atom stereocenters. The molecule has 1 aromatic carbocycles. The summed E-state index contributed by atoms with van der Waals surface area (Å²) < 4.78 is 0. The Balaban J connectivity index is 3.06. The fourth-order valence-corrected chi connectivity index (χ4v) is 1.70. The fourth-order valence-electron chi connectivity index (χ4n) is 1.70. The SMILES string of the molecule is NC(=O)Cc1cc(CC(=O)O)cc(CC(=O)O)c1. The molecule has 6 heteroatoms. The van der Waals surface area contributed by atoms with Gasteiger partial charge in [0.05, 0.1) is 19.3 Å². The zero-order chi connectivity index (χ0) is 13.7. The Morgan fingerprint density at radius 1 is 0.833 bits per heavy atom. The highest BCUT2D eigenvalue weighted by Gasteiger charge is 2.09. The second-order valence-corrected chi connectivity index (χ2v) is 3.94. The van der Waals surface area contributed by atoms with Gasteiger partial charge in [-0.2, -0.15) is 0 Å². The molecule has 96 valence electrons. The Hall–Kier alpha value is -2.37. The molecule has 0 saturated heterocycles. The molecule has 6 nitrogen and oxygen atoms in total. The number of rotatable bonds is 6. The van der Waals surface area contributed by atoms with E-state index in [1.165, 1.54) is 6.07 Å². The van der Waals surface area contributed by atoms with Crippen molar-refractivity contribution in [2.24, 2.45) is 5.73 Å². The summed E-state index contributed by atoms with van der Waals surface area (Å²) in [4.78, 5) is 32.1. The first-order valence-corrected chi connectivity index (χ1v) is 5.20. The molecule has 0 heterocycles. The smallest absolute Gasteiger partial charge is 0.307 e. The zero-order valence-corrected chi connectivity index (χ0v) is 9.55. The Labute approximate surface area is 103 Å². The summed E-state index contributed by atoms with van der Waals surface area (Å²) in [6, 6.07) is 4.60. The highest BCUT2D eigenvalue weighted by Crippen LogP contribution is 2.13. The van der Waals surface area contributed by atoms with Crippen LogP contribution in [0.15, 0.2) is 18.2 Å². The Bertz CT molecular complexity index is 411. The van der Waals surface area contributed by atoms with E-state index in [4.69, 9.17) is 15.9 Å². The second-order valence-electron chi connectivity index (χ2n) is 3.94. The monoisotopic (exact) mass is 251 g/mol. The maximum Gasteiger partial charge on any atom is 0.307 e. The van der Waals surface area contributed by atoms with E-state index in [1.54, 1.807) is 12.1 Å². The van der Waals surface area contributed by atoms with Gasteiger partial charge in [0.1, 0.15) is 0 Å². The van der Waals surface area contributed by atoms with Gasteiger partial charge < -0.3 is 15.9 Å². The summed E-state index contributed by atoms with van der Waals surface area (Å²) >= 11 is 0. The molecular weight excluding hydrogens is 238 g/mol. The van der Waals surface area contributed by atoms with Crippen molar-refractivity contribution in [3.05, 3.63) is 34.9 Å². The predicted molar refractivity (Wildman–Crippen MR) is 62.0 cm³/mol. The third kappa shape index (κ3) is 4.65. The lowest BCUT2D eigenvalue weighted by Crippen LogP contribution is -2.14. The molecule has 0 bridgehead atoms. The average molecular weight is 251 g/mol. The largest absolute Gasteiger partial charge is 0.481 e. The minimum atomic E-state index is -1.02. The first kappa shape index (κ1) is 13.7. The predicted octanol–water partition coefficient (Wildman–Crippen LogP) is -0.0314. The molecule has 0 fully saturated rings. The number of benzene rings is 1. The molecule has 0 saturated carbocycles. The van der Waals surface area contributed by atoms with Gasteiger partial charge >= 0.3 is 11.9 Å². The number of carboxylic acid groups (broad SMARTS) is 2. The van der Waals surface area contributed by atoms with E-state index in [-0.39, 0.29) is 19.3 Å². The van der Waals surface area contributed by atoms with Gasteiger partial charge in [-0.3, -0.25) is 14.4 Å². The van der Waals surface area contributed by atoms with Crippen molar-refractivity contribution >= 4 is 17.8 Å². The van der Waals surface area contributed by atoms with Crippen molar-refractivity contribution in [1.82, 2.24) is 0 Å². The van der Waals surface area contributed by atoms with E-state index in [0.29, 0.717) is 16.7 Å². The number of primary amides is 1. The Morgan fingerprint density at radius 2 is 1.17 bits per heavy atom. The quantitative estimate of drug-likeness (QED) is 0.656. The number of hydrogen-bond acceptors (Lipinski definition) is 3. The van der Waals surface area contributed by atoms with Crippen molar-refractivity contribution in [2.45, 2.75) is 19.3 Å². The topological polar surface area (TPSA) is 118 Å². The van der Waals surface area contributed by atoms with Crippen LogP contribution in [0.1, 0.15) is 16.7 Å². The highest BCUT2D eigenvalue weighted by atomic mass is 16.4. The molecule has 1 amide bonds. The first-order valence-electron chi connectivity index (χ1n) is 5.20.